The van der Waals surface area contributed by atoms with Gasteiger partial charge in [0, 0.05) is 13.2 Å². The zero-order valence-corrected chi connectivity index (χ0v) is 19.8. The minimum atomic E-state index is -0.895. The maximum atomic E-state index is 13.6. The van der Waals surface area contributed by atoms with Gasteiger partial charge in [-0.15, -0.1) is 0 Å². The van der Waals surface area contributed by atoms with Crippen molar-refractivity contribution in [2.75, 3.05) is 20.3 Å². The number of aliphatic hydroxyl groups is 1. The summed E-state index contributed by atoms with van der Waals surface area (Å²) in [6.07, 6.45) is 0.523. The van der Waals surface area contributed by atoms with Gasteiger partial charge in [-0.1, -0.05) is 23.7 Å². The summed E-state index contributed by atoms with van der Waals surface area (Å²) in [6.45, 7) is 6.23. The number of carbonyl (C=O) groups excluding carboxylic acids is 2. The zero-order valence-electron chi connectivity index (χ0n) is 19.0. The van der Waals surface area contributed by atoms with Gasteiger partial charge in [0.1, 0.15) is 17.3 Å². The summed E-state index contributed by atoms with van der Waals surface area (Å²) < 4.78 is 24.5. The van der Waals surface area contributed by atoms with Crippen LogP contribution in [0.25, 0.3) is 5.76 Å². The Morgan fingerprint density at radius 1 is 1.21 bits per heavy atom. The molecular formula is C25H27ClFNO5. The number of aliphatic hydroxyl groups excluding tert-OH is 1. The Hall–Kier alpha value is -2.90. The Balaban J connectivity index is 2.13. The molecule has 1 aliphatic heterocycles. The molecule has 0 aromatic heterocycles. The molecule has 1 aliphatic rings. The molecular weight excluding hydrogens is 449 g/mol. The molecule has 0 aliphatic carbocycles. The van der Waals surface area contributed by atoms with E-state index in [4.69, 9.17) is 21.1 Å². The van der Waals surface area contributed by atoms with Crippen molar-refractivity contribution in [2.24, 2.45) is 0 Å². The number of amides is 1. The molecule has 6 nitrogen and oxygen atoms in total. The summed E-state index contributed by atoms with van der Waals surface area (Å²) in [7, 11) is 1.40. The van der Waals surface area contributed by atoms with Gasteiger partial charge < -0.3 is 19.5 Å². The van der Waals surface area contributed by atoms with Gasteiger partial charge in [-0.25, -0.2) is 4.39 Å². The summed E-state index contributed by atoms with van der Waals surface area (Å²) in [5, 5.41) is 11.5. The average molecular weight is 476 g/mol. The van der Waals surface area contributed by atoms with E-state index in [0.717, 1.165) is 5.56 Å². The monoisotopic (exact) mass is 475 g/mol. The van der Waals surface area contributed by atoms with Crippen LogP contribution in [0.15, 0.2) is 42.0 Å². The molecule has 1 N–H and O–H groups in total. The van der Waals surface area contributed by atoms with Crippen LogP contribution in [-0.4, -0.2) is 48.1 Å². The fraction of sp³-hybridized carbons (Fsp3) is 0.360. The molecule has 0 spiro atoms. The fourth-order valence-electron chi connectivity index (χ4n) is 3.91. The maximum absolute atomic E-state index is 13.6. The van der Waals surface area contributed by atoms with E-state index in [9.17, 15) is 19.1 Å². The van der Waals surface area contributed by atoms with Gasteiger partial charge in [-0.2, -0.15) is 0 Å². The molecule has 3 rings (SSSR count). The molecule has 1 amide bonds. The third-order valence-corrected chi connectivity index (χ3v) is 5.65. The molecule has 0 radical (unpaired) electrons. The third kappa shape index (κ3) is 5.20. The van der Waals surface area contributed by atoms with E-state index in [2.05, 4.69) is 0 Å². The van der Waals surface area contributed by atoms with Gasteiger partial charge in [-0.3, -0.25) is 9.59 Å². The van der Waals surface area contributed by atoms with Crippen molar-refractivity contribution >= 4 is 29.1 Å². The topological polar surface area (TPSA) is 76.1 Å². The first-order valence-electron chi connectivity index (χ1n) is 10.7. The van der Waals surface area contributed by atoms with Crippen molar-refractivity contribution in [2.45, 2.75) is 39.3 Å². The quantitative estimate of drug-likeness (QED) is 0.251. The van der Waals surface area contributed by atoms with Gasteiger partial charge in [0.15, 0.2) is 0 Å². The molecule has 2 aromatic carbocycles. The fourth-order valence-corrected chi connectivity index (χ4v) is 4.26. The number of rotatable bonds is 8. The van der Waals surface area contributed by atoms with E-state index in [1.54, 1.807) is 19.1 Å². The summed E-state index contributed by atoms with van der Waals surface area (Å²) in [5.74, 6) is -2.23. The van der Waals surface area contributed by atoms with Crippen molar-refractivity contribution in [3.05, 3.63) is 69.5 Å². The number of hydrogen-bond donors (Lipinski definition) is 1. The number of halogens is 2. The lowest BCUT2D eigenvalue weighted by Gasteiger charge is -2.25. The highest BCUT2D eigenvalue weighted by Crippen LogP contribution is 2.42. The smallest absolute Gasteiger partial charge is 0.295 e. The van der Waals surface area contributed by atoms with Gasteiger partial charge in [0.2, 0.25) is 0 Å². The molecule has 1 heterocycles. The van der Waals surface area contributed by atoms with E-state index < -0.39 is 29.3 Å². The molecule has 2 aromatic rings. The minimum Gasteiger partial charge on any atom is -0.507 e. The van der Waals surface area contributed by atoms with Crippen LogP contribution in [0.2, 0.25) is 5.02 Å². The lowest BCUT2D eigenvalue weighted by atomic mass is 9.94. The SMILES string of the molecule is COc1c(Cl)cc(C)cc1/C(O)=C1\C(=O)C(=O)N(CCCOC(C)C)C1c1ccc(F)cc1. The summed E-state index contributed by atoms with van der Waals surface area (Å²) in [6, 6.07) is 7.90. The highest BCUT2D eigenvalue weighted by Gasteiger charge is 2.46. The molecule has 0 saturated carbocycles. The van der Waals surface area contributed by atoms with Crippen LogP contribution in [0.5, 0.6) is 5.75 Å². The standard InChI is InChI=1S/C25H27ClFNO5/c1-14(2)33-11-5-10-28-21(16-6-8-17(27)9-7-16)20(23(30)25(28)31)22(29)18-12-15(3)13-19(26)24(18)32-4/h6-9,12-14,21,29H,5,10-11H2,1-4H3/b22-20+. The van der Waals surface area contributed by atoms with E-state index in [-0.39, 0.29) is 34.6 Å². The van der Waals surface area contributed by atoms with E-state index >= 15 is 0 Å². The average Bonchev–Trinajstić information content (AvgIpc) is 3.01. The Kier molecular flexibility index (Phi) is 7.76. The van der Waals surface area contributed by atoms with E-state index in [0.29, 0.717) is 18.6 Å². The van der Waals surface area contributed by atoms with Crippen molar-refractivity contribution in [3.8, 4) is 5.75 Å². The third-order valence-electron chi connectivity index (χ3n) is 5.37. The normalized spacial score (nSPS) is 17.8. The van der Waals surface area contributed by atoms with E-state index in [1.165, 1.54) is 36.3 Å². The molecule has 0 bridgehead atoms. The number of nitrogens with zero attached hydrogens (tertiary/aromatic N) is 1. The number of aryl methyl sites for hydroxylation is 1. The highest BCUT2D eigenvalue weighted by molar-refractivity contribution is 6.46. The molecule has 1 unspecified atom stereocenters. The number of ether oxygens (including phenoxy) is 2. The van der Waals surface area contributed by atoms with Gasteiger partial charge in [0.05, 0.1) is 35.4 Å². The molecule has 8 heteroatoms. The van der Waals surface area contributed by atoms with Crippen LogP contribution in [0.4, 0.5) is 4.39 Å². The number of Topliss-reactive ketones (excluding diaryl/α,β-unsaturated/α-hetero) is 1. The van der Waals surface area contributed by atoms with Crippen LogP contribution in [0.3, 0.4) is 0 Å². The number of ketones is 1. The van der Waals surface area contributed by atoms with Gasteiger partial charge in [-0.05, 0) is 62.6 Å². The number of methoxy groups -OCH3 is 1. The zero-order chi connectivity index (χ0) is 24.3. The molecule has 33 heavy (non-hydrogen) atoms. The van der Waals surface area contributed by atoms with Crippen LogP contribution in [0.1, 0.15) is 43.0 Å². The first-order chi connectivity index (χ1) is 15.6. The van der Waals surface area contributed by atoms with Gasteiger partial charge in [0.25, 0.3) is 11.7 Å². The molecule has 1 fully saturated rings. The number of hydrogen-bond acceptors (Lipinski definition) is 5. The van der Waals surface area contributed by atoms with Crippen LogP contribution >= 0.6 is 11.6 Å². The van der Waals surface area contributed by atoms with Crippen LogP contribution in [-0.2, 0) is 14.3 Å². The summed E-state index contributed by atoms with van der Waals surface area (Å²) in [4.78, 5) is 27.5. The Labute approximate surface area is 197 Å². The Morgan fingerprint density at radius 3 is 2.48 bits per heavy atom. The van der Waals surface area contributed by atoms with Crippen molar-refractivity contribution in [1.82, 2.24) is 4.90 Å². The Bertz CT molecular complexity index is 1080. The first-order valence-corrected chi connectivity index (χ1v) is 11.0. The molecule has 1 atom stereocenters. The maximum Gasteiger partial charge on any atom is 0.295 e. The summed E-state index contributed by atoms with van der Waals surface area (Å²) in [5.41, 5.74) is 1.34. The van der Waals surface area contributed by atoms with Gasteiger partial charge >= 0.3 is 0 Å². The molecule has 176 valence electrons. The van der Waals surface area contributed by atoms with Crippen molar-refractivity contribution in [3.63, 3.8) is 0 Å². The lowest BCUT2D eigenvalue weighted by molar-refractivity contribution is -0.140. The number of benzene rings is 2. The van der Waals surface area contributed by atoms with Crippen molar-refractivity contribution in [1.29, 1.82) is 0 Å². The van der Waals surface area contributed by atoms with Crippen molar-refractivity contribution < 1.29 is 28.6 Å². The van der Waals surface area contributed by atoms with E-state index in [1.807, 2.05) is 13.8 Å². The van der Waals surface area contributed by atoms with Crippen LogP contribution < -0.4 is 4.74 Å². The second kappa shape index (κ2) is 10.4. The summed E-state index contributed by atoms with van der Waals surface area (Å²) >= 11 is 6.28. The first kappa shape index (κ1) is 24.7. The number of carbonyl (C=O) groups is 2. The van der Waals surface area contributed by atoms with Crippen LogP contribution in [0, 0.1) is 12.7 Å². The molecule has 1 saturated heterocycles. The second-order valence-corrected chi connectivity index (χ2v) is 8.55. The predicted octanol–water partition coefficient (Wildman–Crippen LogP) is 5.03. The second-order valence-electron chi connectivity index (χ2n) is 8.14. The minimum absolute atomic E-state index is 0.0341. The number of likely N-dealkylation sites (tertiary alicyclic amines) is 1. The largest absolute Gasteiger partial charge is 0.507 e. The lowest BCUT2D eigenvalue weighted by Crippen LogP contribution is -2.31. The Morgan fingerprint density at radius 2 is 1.88 bits per heavy atom. The predicted molar refractivity (Wildman–Crippen MR) is 124 cm³/mol. The highest BCUT2D eigenvalue weighted by atomic mass is 35.5.